The molecule has 4 aromatic rings. The number of hydrogen-bond donors (Lipinski definition) is 1. The second-order valence-corrected chi connectivity index (χ2v) is 8.19. The molecule has 0 saturated heterocycles. The third-order valence-electron chi connectivity index (χ3n) is 4.58. The Bertz CT molecular complexity index is 1240. The molecule has 5 nitrogen and oxygen atoms in total. The average Bonchev–Trinajstić information content (AvgIpc) is 3.39. The van der Waals surface area contributed by atoms with Crippen molar-refractivity contribution in [2.75, 3.05) is 0 Å². The van der Waals surface area contributed by atoms with Gasteiger partial charge in [-0.3, -0.25) is 9.59 Å². The number of aromatic amines is 1. The number of thiophene rings is 1. The van der Waals surface area contributed by atoms with Gasteiger partial charge in [-0.2, -0.15) is 16.6 Å². The molecule has 28 heavy (non-hydrogen) atoms. The van der Waals surface area contributed by atoms with Gasteiger partial charge in [0.15, 0.2) is 17.5 Å². The van der Waals surface area contributed by atoms with Gasteiger partial charge < -0.3 is 4.98 Å². The Hall–Kier alpha value is -3.08. The SMILES string of the molecule is Cc1nc(-c2ccsc2)sc1C(=O)C(C#N)C(=O)c1c(C)[nH]c2ccccc12. The van der Waals surface area contributed by atoms with Crippen molar-refractivity contribution < 1.29 is 9.59 Å². The summed E-state index contributed by atoms with van der Waals surface area (Å²) in [6, 6.07) is 11.2. The standard InChI is InChI=1S/C21H15N3O2S2/c1-11-17(14-5-3-4-6-16(14)23-11)18(25)15(9-22)19(26)20-12(2)24-21(28-20)13-7-8-27-10-13/h3-8,10,15,23H,1-2H3. The Morgan fingerprint density at radius 3 is 2.68 bits per heavy atom. The molecule has 1 atom stereocenters. The lowest BCUT2D eigenvalue weighted by atomic mass is 9.92. The summed E-state index contributed by atoms with van der Waals surface area (Å²) in [6.45, 7) is 3.51. The first kappa shape index (κ1) is 18.3. The highest BCUT2D eigenvalue weighted by atomic mass is 32.1. The van der Waals surface area contributed by atoms with Crippen molar-refractivity contribution in [1.29, 1.82) is 5.26 Å². The maximum Gasteiger partial charge on any atom is 0.199 e. The lowest BCUT2D eigenvalue weighted by Gasteiger charge is -2.07. The second kappa shape index (κ2) is 7.15. The summed E-state index contributed by atoms with van der Waals surface area (Å²) in [5.41, 5.74) is 3.33. The van der Waals surface area contributed by atoms with E-state index < -0.39 is 17.5 Å². The van der Waals surface area contributed by atoms with Crippen LogP contribution in [-0.4, -0.2) is 21.5 Å². The molecule has 0 radical (unpaired) electrons. The molecule has 1 aromatic carbocycles. The van der Waals surface area contributed by atoms with E-state index in [9.17, 15) is 14.9 Å². The number of thiazole rings is 1. The Balaban J connectivity index is 1.73. The van der Waals surface area contributed by atoms with Crippen LogP contribution in [0.15, 0.2) is 41.1 Å². The first-order valence-electron chi connectivity index (χ1n) is 8.56. The fraction of sp³-hybridized carbons (Fsp3) is 0.143. The summed E-state index contributed by atoms with van der Waals surface area (Å²) in [7, 11) is 0. The van der Waals surface area contributed by atoms with Crippen molar-refractivity contribution in [1.82, 2.24) is 9.97 Å². The number of aromatic nitrogens is 2. The predicted octanol–water partition coefficient (Wildman–Crippen LogP) is 5.18. The minimum absolute atomic E-state index is 0.360. The summed E-state index contributed by atoms with van der Waals surface area (Å²) >= 11 is 2.77. The molecular weight excluding hydrogens is 390 g/mol. The molecular formula is C21H15N3O2S2. The molecule has 0 bridgehead atoms. The minimum atomic E-state index is -1.40. The number of para-hydroxylation sites is 1. The number of nitrogens with zero attached hydrogens (tertiary/aromatic N) is 2. The number of nitriles is 1. The Morgan fingerprint density at radius 2 is 1.96 bits per heavy atom. The van der Waals surface area contributed by atoms with Crippen molar-refractivity contribution in [3.8, 4) is 16.6 Å². The van der Waals surface area contributed by atoms with Gasteiger partial charge in [0.1, 0.15) is 5.01 Å². The molecule has 0 saturated carbocycles. The number of carbonyl (C=O) groups excluding carboxylic acids is 2. The van der Waals surface area contributed by atoms with Crippen LogP contribution in [0.2, 0.25) is 0 Å². The maximum absolute atomic E-state index is 13.2. The predicted molar refractivity (Wildman–Crippen MR) is 111 cm³/mol. The Kier molecular flexibility index (Phi) is 4.67. The number of Topliss-reactive ketones (excluding diaryl/α,β-unsaturated/α-hetero) is 2. The molecule has 0 aliphatic rings. The van der Waals surface area contributed by atoms with E-state index in [1.807, 2.05) is 47.2 Å². The van der Waals surface area contributed by atoms with Gasteiger partial charge in [0, 0.05) is 33.1 Å². The zero-order valence-corrected chi connectivity index (χ0v) is 16.8. The van der Waals surface area contributed by atoms with E-state index in [1.165, 1.54) is 11.3 Å². The van der Waals surface area contributed by atoms with E-state index >= 15 is 0 Å². The normalized spacial score (nSPS) is 12.0. The quantitative estimate of drug-likeness (QED) is 0.366. The number of H-pyrrole nitrogens is 1. The molecule has 7 heteroatoms. The maximum atomic E-state index is 13.2. The number of hydrogen-bond acceptors (Lipinski definition) is 6. The van der Waals surface area contributed by atoms with E-state index in [0.717, 1.165) is 21.5 Å². The zero-order valence-electron chi connectivity index (χ0n) is 15.1. The van der Waals surface area contributed by atoms with Crippen molar-refractivity contribution >= 4 is 45.1 Å². The molecule has 138 valence electrons. The highest BCUT2D eigenvalue weighted by Crippen LogP contribution is 2.32. The van der Waals surface area contributed by atoms with Crippen molar-refractivity contribution in [3.05, 3.63) is 62.9 Å². The largest absolute Gasteiger partial charge is 0.358 e. The smallest absolute Gasteiger partial charge is 0.199 e. The van der Waals surface area contributed by atoms with Crippen LogP contribution in [0, 0.1) is 31.1 Å². The number of carbonyl (C=O) groups is 2. The van der Waals surface area contributed by atoms with Gasteiger partial charge in [-0.25, -0.2) is 4.98 Å². The van der Waals surface area contributed by atoms with E-state index in [2.05, 4.69) is 9.97 Å². The lowest BCUT2D eigenvalue weighted by molar-refractivity contribution is 0.0848. The number of rotatable bonds is 5. The van der Waals surface area contributed by atoms with Gasteiger partial charge in [-0.15, -0.1) is 11.3 Å². The molecule has 0 aliphatic heterocycles. The molecule has 0 spiro atoms. The van der Waals surface area contributed by atoms with Gasteiger partial charge in [0.05, 0.1) is 16.6 Å². The van der Waals surface area contributed by atoms with E-state index in [-0.39, 0.29) is 0 Å². The van der Waals surface area contributed by atoms with Crippen molar-refractivity contribution in [3.63, 3.8) is 0 Å². The summed E-state index contributed by atoms with van der Waals surface area (Å²) in [5.74, 6) is -2.37. The summed E-state index contributed by atoms with van der Waals surface area (Å²) in [6.07, 6.45) is 0. The van der Waals surface area contributed by atoms with Crippen LogP contribution < -0.4 is 0 Å². The highest BCUT2D eigenvalue weighted by Gasteiger charge is 2.33. The molecule has 0 amide bonds. The van der Waals surface area contributed by atoms with Crippen LogP contribution in [0.3, 0.4) is 0 Å². The topological polar surface area (TPSA) is 86.6 Å². The second-order valence-electron chi connectivity index (χ2n) is 6.41. The van der Waals surface area contributed by atoms with Gasteiger partial charge in [0.25, 0.3) is 0 Å². The first-order valence-corrected chi connectivity index (χ1v) is 10.3. The molecule has 3 aromatic heterocycles. The van der Waals surface area contributed by atoms with Crippen LogP contribution in [0.1, 0.15) is 31.4 Å². The third-order valence-corrected chi connectivity index (χ3v) is 6.49. The molecule has 0 fully saturated rings. The molecule has 0 aliphatic carbocycles. The number of fused-ring (bicyclic) bond motifs is 1. The van der Waals surface area contributed by atoms with Crippen molar-refractivity contribution in [2.45, 2.75) is 13.8 Å². The number of nitrogens with one attached hydrogen (secondary N) is 1. The van der Waals surface area contributed by atoms with E-state index in [4.69, 9.17) is 0 Å². The van der Waals surface area contributed by atoms with Gasteiger partial charge >= 0.3 is 0 Å². The minimum Gasteiger partial charge on any atom is -0.358 e. The Labute approximate surface area is 169 Å². The van der Waals surface area contributed by atoms with Crippen LogP contribution in [0.4, 0.5) is 0 Å². The fourth-order valence-electron chi connectivity index (χ4n) is 3.24. The number of benzene rings is 1. The van der Waals surface area contributed by atoms with Crippen molar-refractivity contribution in [2.24, 2.45) is 5.92 Å². The van der Waals surface area contributed by atoms with Gasteiger partial charge in [-0.05, 0) is 31.4 Å². The molecule has 1 N–H and O–H groups in total. The van der Waals surface area contributed by atoms with Crippen LogP contribution in [-0.2, 0) is 0 Å². The van der Waals surface area contributed by atoms with Gasteiger partial charge in [-0.1, -0.05) is 18.2 Å². The van der Waals surface area contributed by atoms with E-state index in [0.29, 0.717) is 21.8 Å². The zero-order chi connectivity index (χ0) is 19.8. The van der Waals surface area contributed by atoms with Crippen LogP contribution in [0.25, 0.3) is 21.5 Å². The van der Waals surface area contributed by atoms with Gasteiger partial charge in [0.2, 0.25) is 0 Å². The highest BCUT2D eigenvalue weighted by molar-refractivity contribution is 7.17. The lowest BCUT2D eigenvalue weighted by Crippen LogP contribution is -2.23. The molecule has 3 heterocycles. The van der Waals surface area contributed by atoms with Crippen LogP contribution in [0.5, 0.6) is 0 Å². The third kappa shape index (κ3) is 2.97. The average molecular weight is 406 g/mol. The number of ketones is 2. The summed E-state index contributed by atoms with van der Waals surface area (Å²) in [5, 5.41) is 15.0. The number of aryl methyl sites for hydroxylation is 2. The molecule has 1 unspecified atom stereocenters. The molecule has 4 rings (SSSR count). The summed E-state index contributed by atoms with van der Waals surface area (Å²) < 4.78 is 0. The Morgan fingerprint density at radius 1 is 1.18 bits per heavy atom. The van der Waals surface area contributed by atoms with Crippen LogP contribution >= 0.6 is 22.7 Å². The van der Waals surface area contributed by atoms with E-state index in [1.54, 1.807) is 25.2 Å². The fourth-order valence-corrected chi connectivity index (χ4v) is 4.99. The summed E-state index contributed by atoms with van der Waals surface area (Å²) in [4.78, 5) is 34.2. The monoisotopic (exact) mass is 405 g/mol. The first-order chi connectivity index (χ1) is 13.5.